The van der Waals surface area contributed by atoms with E-state index in [4.69, 9.17) is 11.6 Å². The molecule has 0 atom stereocenters. The molecule has 1 aliphatic rings. The summed E-state index contributed by atoms with van der Waals surface area (Å²) in [5.41, 5.74) is 0.499. The lowest BCUT2D eigenvalue weighted by molar-refractivity contribution is 0.0762. The highest BCUT2D eigenvalue weighted by atomic mass is 35.5. The number of carbonyl (C=O) groups is 1. The van der Waals surface area contributed by atoms with Crippen molar-refractivity contribution in [2.45, 2.75) is 6.42 Å². The molecule has 0 spiro atoms. The minimum Gasteiger partial charge on any atom is -0.337 e. The van der Waals surface area contributed by atoms with Gasteiger partial charge in [-0.05, 0) is 26.1 Å². The Morgan fingerprint density at radius 3 is 2.94 bits per heavy atom. The van der Waals surface area contributed by atoms with E-state index >= 15 is 0 Å². The summed E-state index contributed by atoms with van der Waals surface area (Å²) < 4.78 is 0. The van der Waals surface area contributed by atoms with Crippen molar-refractivity contribution in [2.75, 3.05) is 33.2 Å². The van der Waals surface area contributed by atoms with E-state index in [1.54, 1.807) is 18.5 Å². The Labute approximate surface area is 106 Å². The van der Waals surface area contributed by atoms with Crippen LogP contribution in [-0.4, -0.2) is 53.9 Å². The second-order valence-electron chi connectivity index (χ2n) is 4.30. The van der Waals surface area contributed by atoms with Crippen molar-refractivity contribution in [3.8, 4) is 0 Å². The number of rotatable bonds is 1. The molecule has 0 bridgehead atoms. The van der Waals surface area contributed by atoms with Crippen LogP contribution in [0.25, 0.3) is 0 Å². The highest BCUT2D eigenvalue weighted by molar-refractivity contribution is 6.33. The molecule has 2 rings (SSSR count). The molecule has 0 saturated carbocycles. The van der Waals surface area contributed by atoms with Gasteiger partial charge in [-0.3, -0.25) is 9.78 Å². The highest BCUT2D eigenvalue weighted by Crippen LogP contribution is 2.16. The predicted octanol–water partition coefficient (Wildman–Crippen LogP) is 1.51. The van der Waals surface area contributed by atoms with Gasteiger partial charge in [-0.25, -0.2) is 0 Å². The van der Waals surface area contributed by atoms with Crippen LogP contribution in [0.4, 0.5) is 0 Å². The molecule has 2 heterocycles. The standard InChI is InChI=1S/C12H16ClN3O/c1-15-5-2-6-16(8-7-15)12(17)10-9-14-4-3-11(10)13/h3-4,9H,2,5-8H2,1H3. The summed E-state index contributed by atoms with van der Waals surface area (Å²) in [6.45, 7) is 3.48. The van der Waals surface area contributed by atoms with Crippen LogP contribution in [0.3, 0.4) is 0 Å². The lowest BCUT2D eigenvalue weighted by Gasteiger charge is -2.20. The van der Waals surface area contributed by atoms with Gasteiger partial charge in [0.05, 0.1) is 10.6 Å². The topological polar surface area (TPSA) is 36.4 Å². The summed E-state index contributed by atoms with van der Waals surface area (Å²) in [6.07, 6.45) is 4.13. The smallest absolute Gasteiger partial charge is 0.256 e. The van der Waals surface area contributed by atoms with Gasteiger partial charge in [0.15, 0.2) is 0 Å². The Balaban J connectivity index is 2.12. The first kappa shape index (κ1) is 12.3. The van der Waals surface area contributed by atoms with Crippen LogP contribution in [0.5, 0.6) is 0 Å². The van der Waals surface area contributed by atoms with Crippen LogP contribution >= 0.6 is 11.6 Å². The Morgan fingerprint density at radius 2 is 2.18 bits per heavy atom. The van der Waals surface area contributed by atoms with Gasteiger partial charge in [0.2, 0.25) is 0 Å². The second-order valence-corrected chi connectivity index (χ2v) is 4.71. The van der Waals surface area contributed by atoms with Crippen molar-refractivity contribution >= 4 is 17.5 Å². The monoisotopic (exact) mass is 253 g/mol. The van der Waals surface area contributed by atoms with Crippen molar-refractivity contribution < 1.29 is 4.79 Å². The molecular weight excluding hydrogens is 238 g/mol. The van der Waals surface area contributed by atoms with Crippen molar-refractivity contribution in [3.63, 3.8) is 0 Å². The molecule has 0 N–H and O–H groups in total. The molecule has 1 aliphatic heterocycles. The normalized spacial score (nSPS) is 17.9. The third kappa shape index (κ3) is 2.96. The molecule has 0 aliphatic carbocycles. The molecule has 4 nitrogen and oxygen atoms in total. The zero-order valence-corrected chi connectivity index (χ0v) is 10.7. The van der Waals surface area contributed by atoms with Crippen molar-refractivity contribution in [3.05, 3.63) is 29.0 Å². The number of amides is 1. The van der Waals surface area contributed by atoms with Gasteiger partial charge >= 0.3 is 0 Å². The van der Waals surface area contributed by atoms with Crippen LogP contribution in [0.2, 0.25) is 5.02 Å². The maximum atomic E-state index is 12.3. The van der Waals surface area contributed by atoms with Gasteiger partial charge < -0.3 is 9.80 Å². The molecule has 1 saturated heterocycles. The van der Waals surface area contributed by atoms with Crippen molar-refractivity contribution in [1.82, 2.24) is 14.8 Å². The summed E-state index contributed by atoms with van der Waals surface area (Å²) in [5.74, 6) is -0.0154. The molecule has 0 aromatic carbocycles. The minimum absolute atomic E-state index is 0.0154. The number of hydrogen-bond donors (Lipinski definition) is 0. The molecular formula is C12H16ClN3O. The number of carbonyl (C=O) groups excluding carboxylic acids is 1. The summed E-state index contributed by atoms with van der Waals surface area (Å²) in [5, 5.41) is 0.475. The molecule has 1 amide bonds. The Hall–Kier alpha value is -1.13. The van der Waals surface area contributed by atoms with Crippen LogP contribution in [0.15, 0.2) is 18.5 Å². The fraction of sp³-hybridized carbons (Fsp3) is 0.500. The molecule has 0 radical (unpaired) electrons. The summed E-state index contributed by atoms with van der Waals surface area (Å²) in [6, 6.07) is 1.65. The van der Waals surface area contributed by atoms with E-state index in [9.17, 15) is 4.79 Å². The minimum atomic E-state index is -0.0154. The average Bonchev–Trinajstić information content (AvgIpc) is 2.54. The van der Waals surface area contributed by atoms with Crippen LogP contribution in [0.1, 0.15) is 16.8 Å². The summed E-state index contributed by atoms with van der Waals surface area (Å²) >= 11 is 6.01. The first-order valence-corrected chi connectivity index (χ1v) is 6.13. The molecule has 92 valence electrons. The van der Waals surface area contributed by atoms with Gasteiger partial charge in [-0.15, -0.1) is 0 Å². The van der Waals surface area contributed by atoms with Gasteiger partial charge in [0.1, 0.15) is 0 Å². The van der Waals surface area contributed by atoms with Crippen LogP contribution < -0.4 is 0 Å². The fourth-order valence-corrected chi connectivity index (χ4v) is 2.14. The van der Waals surface area contributed by atoms with Crippen molar-refractivity contribution in [2.24, 2.45) is 0 Å². The number of hydrogen-bond acceptors (Lipinski definition) is 3. The first-order chi connectivity index (χ1) is 8.18. The van der Waals surface area contributed by atoms with E-state index in [1.807, 2.05) is 4.90 Å². The zero-order valence-electron chi connectivity index (χ0n) is 9.90. The van der Waals surface area contributed by atoms with E-state index in [-0.39, 0.29) is 5.91 Å². The van der Waals surface area contributed by atoms with Gasteiger partial charge in [0.25, 0.3) is 5.91 Å². The highest BCUT2D eigenvalue weighted by Gasteiger charge is 2.20. The third-order valence-corrected chi connectivity index (χ3v) is 3.33. The largest absolute Gasteiger partial charge is 0.337 e. The third-order valence-electron chi connectivity index (χ3n) is 3.00. The van der Waals surface area contributed by atoms with E-state index in [2.05, 4.69) is 16.9 Å². The lowest BCUT2D eigenvalue weighted by atomic mass is 10.2. The summed E-state index contributed by atoms with van der Waals surface area (Å²) in [4.78, 5) is 20.3. The fourth-order valence-electron chi connectivity index (χ4n) is 1.95. The average molecular weight is 254 g/mol. The predicted molar refractivity (Wildman–Crippen MR) is 67.3 cm³/mol. The first-order valence-electron chi connectivity index (χ1n) is 5.76. The molecule has 1 fully saturated rings. The number of aromatic nitrogens is 1. The van der Waals surface area contributed by atoms with E-state index in [0.29, 0.717) is 10.6 Å². The van der Waals surface area contributed by atoms with E-state index in [1.165, 1.54) is 0 Å². The Bertz CT molecular complexity index is 410. The number of likely N-dealkylation sites (N-methyl/N-ethyl adjacent to an activating group) is 1. The zero-order chi connectivity index (χ0) is 12.3. The van der Waals surface area contributed by atoms with Crippen LogP contribution in [-0.2, 0) is 0 Å². The second kappa shape index (κ2) is 5.47. The number of nitrogens with zero attached hydrogens (tertiary/aromatic N) is 3. The Kier molecular flexibility index (Phi) is 3.97. The molecule has 17 heavy (non-hydrogen) atoms. The quantitative estimate of drug-likeness (QED) is 0.761. The maximum Gasteiger partial charge on any atom is 0.256 e. The lowest BCUT2D eigenvalue weighted by Crippen LogP contribution is -2.34. The molecule has 0 unspecified atom stereocenters. The Morgan fingerprint density at radius 1 is 1.35 bits per heavy atom. The molecule has 1 aromatic rings. The van der Waals surface area contributed by atoms with Crippen LogP contribution in [0, 0.1) is 0 Å². The van der Waals surface area contributed by atoms with Gasteiger partial charge in [-0.2, -0.15) is 0 Å². The van der Waals surface area contributed by atoms with E-state index in [0.717, 1.165) is 32.6 Å². The van der Waals surface area contributed by atoms with Gasteiger partial charge in [-0.1, -0.05) is 11.6 Å². The van der Waals surface area contributed by atoms with Crippen molar-refractivity contribution in [1.29, 1.82) is 0 Å². The maximum absolute atomic E-state index is 12.3. The summed E-state index contributed by atoms with van der Waals surface area (Å²) in [7, 11) is 2.07. The number of halogens is 1. The molecule has 5 heteroatoms. The van der Waals surface area contributed by atoms with E-state index < -0.39 is 0 Å². The number of pyridine rings is 1. The molecule has 1 aromatic heterocycles. The van der Waals surface area contributed by atoms with Gasteiger partial charge in [0, 0.05) is 32.0 Å². The SMILES string of the molecule is CN1CCCN(C(=O)c2cnccc2Cl)CC1.